The molecule has 0 saturated heterocycles. The van der Waals surface area contributed by atoms with E-state index in [1.54, 1.807) is 18.2 Å². The van der Waals surface area contributed by atoms with Crippen LogP contribution in [0.3, 0.4) is 0 Å². The van der Waals surface area contributed by atoms with Crippen molar-refractivity contribution in [3.63, 3.8) is 0 Å². The Balaban J connectivity index is 2.00. The first kappa shape index (κ1) is 14.5. The summed E-state index contributed by atoms with van der Waals surface area (Å²) in [4.78, 5) is 0. The van der Waals surface area contributed by atoms with Gasteiger partial charge in [0.05, 0.1) is 0 Å². The van der Waals surface area contributed by atoms with Crippen LogP contribution in [0.2, 0.25) is 0 Å². The molecule has 106 valence electrons. The molecule has 0 spiro atoms. The van der Waals surface area contributed by atoms with Crippen LogP contribution >= 0.6 is 0 Å². The number of rotatable bonds is 4. The first-order valence-electron chi connectivity index (χ1n) is 6.70. The predicted octanol–water partition coefficient (Wildman–Crippen LogP) is 4.51. The monoisotopic (exact) mass is 273 g/mol. The topological polar surface area (TPSA) is 21.3 Å². The van der Waals surface area contributed by atoms with Crippen LogP contribution in [0.5, 0.6) is 11.5 Å². The molecule has 0 unspecified atom stereocenters. The Labute approximate surface area is 119 Å². The molecule has 2 rings (SSSR count). The van der Waals surface area contributed by atoms with Crippen molar-refractivity contribution in [1.29, 1.82) is 0 Å². The molecule has 20 heavy (non-hydrogen) atoms. The zero-order valence-electron chi connectivity index (χ0n) is 12.1. The van der Waals surface area contributed by atoms with Gasteiger partial charge in [0.2, 0.25) is 0 Å². The summed E-state index contributed by atoms with van der Waals surface area (Å²) in [7, 11) is 0. The standard InChI is InChI=1S/C17H20FNO/c1-17(2,3)19-12-13-8-10-14(11-9-13)20-16-7-5-4-6-15(16)18/h4-11,19H,12H2,1-3H3. The molecule has 0 aliphatic rings. The third-order valence-electron chi connectivity index (χ3n) is 2.81. The van der Waals surface area contributed by atoms with E-state index in [0.717, 1.165) is 6.54 Å². The molecule has 1 N–H and O–H groups in total. The van der Waals surface area contributed by atoms with Gasteiger partial charge in [0.15, 0.2) is 11.6 Å². The maximum atomic E-state index is 13.5. The fourth-order valence-corrected chi connectivity index (χ4v) is 1.70. The molecular formula is C17H20FNO. The molecular weight excluding hydrogens is 253 g/mol. The Morgan fingerprint density at radius 1 is 1.00 bits per heavy atom. The van der Waals surface area contributed by atoms with Gasteiger partial charge in [0.25, 0.3) is 0 Å². The van der Waals surface area contributed by atoms with Crippen LogP contribution in [0.4, 0.5) is 4.39 Å². The van der Waals surface area contributed by atoms with Crippen molar-refractivity contribution < 1.29 is 9.13 Å². The largest absolute Gasteiger partial charge is 0.454 e. The third kappa shape index (κ3) is 4.35. The van der Waals surface area contributed by atoms with Gasteiger partial charge >= 0.3 is 0 Å². The first-order valence-corrected chi connectivity index (χ1v) is 6.70. The van der Waals surface area contributed by atoms with Crippen molar-refractivity contribution >= 4 is 0 Å². The predicted molar refractivity (Wildman–Crippen MR) is 79.5 cm³/mol. The lowest BCUT2D eigenvalue weighted by atomic mass is 10.1. The number of nitrogens with one attached hydrogen (secondary N) is 1. The highest BCUT2D eigenvalue weighted by Gasteiger charge is 2.08. The fraction of sp³-hybridized carbons (Fsp3) is 0.294. The summed E-state index contributed by atoms with van der Waals surface area (Å²) >= 11 is 0. The number of benzene rings is 2. The average molecular weight is 273 g/mol. The molecule has 0 radical (unpaired) electrons. The van der Waals surface area contributed by atoms with E-state index in [9.17, 15) is 4.39 Å². The molecule has 0 saturated carbocycles. The van der Waals surface area contributed by atoms with E-state index in [-0.39, 0.29) is 17.1 Å². The van der Waals surface area contributed by atoms with Gasteiger partial charge in [0, 0.05) is 12.1 Å². The molecule has 0 bridgehead atoms. The summed E-state index contributed by atoms with van der Waals surface area (Å²) in [5.74, 6) is 0.522. The van der Waals surface area contributed by atoms with E-state index < -0.39 is 0 Å². The van der Waals surface area contributed by atoms with Gasteiger partial charge in [-0.1, -0.05) is 24.3 Å². The van der Waals surface area contributed by atoms with Crippen molar-refractivity contribution in [3.8, 4) is 11.5 Å². The van der Waals surface area contributed by atoms with E-state index >= 15 is 0 Å². The number of hydrogen-bond acceptors (Lipinski definition) is 2. The summed E-state index contributed by atoms with van der Waals surface area (Å²) in [6.45, 7) is 7.18. The molecule has 0 aliphatic heterocycles. The third-order valence-corrected chi connectivity index (χ3v) is 2.81. The number of hydrogen-bond donors (Lipinski definition) is 1. The minimum absolute atomic E-state index is 0.0857. The molecule has 2 aromatic rings. The van der Waals surface area contributed by atoms with Gasteiger partial charge in [-0.25, -0.2) is 4.39 Å². The number of para-hydroxylation sites is 1. The van der Waals surface area contributed by atoms with Gasteiger partial charge in [-0.05, 0) is 50.6 Å². The second-order valence-electron chi connectivity index (χ2n) is 5.78. The van der Waals surface area contributed by atoms with E-state index in [4.69, 9.17) is 4.74 Å². The van der Waals surface area contributed by atoms with Crippen molar-refractivity contribution in [2.45, 2.75) is 32.9 Å². The zero-order chi connectivity index (χ0) is 14.6. The summed E-state index contributed by atoms with van der Waals surface area (Å²) in [6, 6.07) is 14.1. The summed E-state index contributed by atoms with van der Waals surface area (Å²) < 4.78 is 19.0. The van der Waals surface area contributed by atoms with E-state index in [1.165, 1.54) is 11.6 Å². The van der Waals surface area contributed by atoms with Crippen LogP contribution in [0.15, 0.2) is 48.5 Å². The minimum Gasteiger partial charge on any atom is -0.454 e. The van der Waals surface area contributed by atoms with Gasteiger partial charge in [-0.15, -0.1) is 0 Å². The average Bonchev–Trinajstić information content (AvgIpc) is 2.40. The summed E-state index contributed by atoms with van der Waals surface area (Å²) in [5.41, 5.74) is 1.25. The molecule has 0 aliphatic carbocycles. The SMILES string of the molecule is CC(C)(C)NCc1ccc(Oc2ccccc2F)cc1. The van der Waals surface area contributed by atoms with E-state index in [2.05, 4.69) is 26.1 Å². The van der Waals surface area contributed by atoms with Crippen LogP contribution in [0, 0.1) is 5.82 Å². The van der Waals surface area contributed by atoms with Gasteiger partial charge in [-0.2, -0.15) is 0 Å². The quantitative estimate of drug-likeness (QED) is 0.885. The molecule has 0 heterocycles. The summed E-state index contributed by atoms with van der Waals surface area (Å²) in [5, 5.41) is 3.42. The first-order chi connectivity index (χ1) is 9.44. The van der Waals surface area contributed by atoms with Crippen LogP contribution in [-0.4, -0.2) is 5.54 Å². The summed E-state index contributed by atoms with van der Waals surface area (Å²) in [6.07, 6.45) is 0. The second kappa shape index (κ2) is 6.06. The molecule has 0 fully saturated rings. The van der Waals surface area contributed by atoms with Crippen molar-refractivity contribution in [2.75, 3.05) is 0 Å². The van der Waals surface area contributed by atoms with Crippen molar-refractivity contribution in [3.05, 3.63) is 59.9 Å². The van der Waals surface area contributed by atoms with Crippen LogP contribution in [-0.2, 0) is 6.54 Å². The van der Waals surface area contributed by atoms with Crippen LogP contribution < -0.4 is 10.1 Å². The maximum absolute atomic E-state index is 13.5. The number of ether oxygens (including phenoxy) is 1. The highest BCUT2D eigenvalue weighted by molar-refractivity contribution is 5.33. The Morgan fingerprint density at radius 2 is 1.65 bits per heavy atom. The highest BCUT2D eigenvalue weighted by Crippen LogP contribution is 2.24. The minimum atomic E-state index is -0.356. The second-order valence-corrected chi connectivity index (χ2v) is 5.78. The maximum Gasteiger partial charge on any atom is 0.165 e. The zero-order valence-corrected chi connectivity index (χ0v) is 12.1. The molecule has 3 heteroatoms. The fourth-order valence-electron chi connectivity index (χ4n) is 1.70. The highest BCUT2D eigenvalue weighted by atomic mass is 19.1. The van der Waals surface area contributed by atoms with E-state index in [0.29, 0.717) is 5.75 Å². The lowest BCUT2D eigenvalue weighted by molar-refractivity contribution is 0.423. The molecule has 0 aromatic heterocycles. The molecule has 2 nitrogen and oxygen atoms in total. The van der Waals surface area contributed by atoms with E-state index in [1.807, 2.05) is 24.3 Å². The normalized spacial score (nSPS) is 11.4. The lowest BCUT2D eigenvalue weighted by Crippen LogP contribution is -2.34. The van der Waals surface area contributed by atoms with Crippen molar-refractivity contribution in [2.24, 2.45) is 0 Å². The Kier molecular flexibility index (Phi) is 4.40. The van der Waals surface area contributed by atoms with Crippen LogP contribution in [0.25, 0.3) is 0 Å². The number of halogens is 1. The van der Waals surface area contributed by atoms with Gasteiger partial charge < -0.3 is 10.1 Å². The van der Waals surface area contributed by atoms with Crippen molar-refractivity contribution in [1.82, 2.24) is 5.32 Å². The van der Waals surface area contributed by atoms with Gasteiger partial charge in [0.1, 0.15) is 5.75 Å². The molecule has 2 aromatic carbocycles. The lowest BCUT2D eigenvalue weighted by Gasteiger charge is -2.20. The Bertz CT molecular complexity index is 558. The van der Waals surface area contributed by atoms with Gasteiger partial charge in [-0.3, -0.25) is 0 Å². The molecule has 0 atom stereocenters. The van der Waals surface area contributed by atoms with Crippen LogP contribution in [0.1, 0.15) is 26.3 Å². The molecule has 0 amide bonds. The Hall–Kier alpha value is -1.87. The Morgan fingerprint density at radius 3 is 2.25 bits per heavy atom. The smallest absolute Gasteiger partial charge is 0.165 e.